The normalized spacial score (nSPS) is 19.4. The summed E-state index contributed by atoms with van der Waals surface area (Å²) in [5.74, 6) is -0.763. The summed E-state index contributed by atoms with van der Waals surface area (Å²) in [4.78, 5) is 27.2. The monoisotopic (exact) mass is 472 g/mol. The van der Waals surface area contributed by atoms with E-state index in [1.54, 1.807) is 6.07 Å². The lowest BCUT2D eigenvalue weighted by atomic mass is 10.1. The molecule has 13 nitrogen and oxygen atoms in total. The molecule has 0 saturated carbocycles. The number of hydrogen-bond acceptors (Lipinski definition) is 10. The summed E-state index contributed by atoms with van der Waals surface area (Å²) in [5.41, 5.74) is 0.720. The summed E-state index contributed by atoms with van der Waals surface area (Å²) < 4.78 is 32.3. The molecule has 176 valence electrons. The van der Waals surface area contributed by atoms with Crippen molar-refractivity contribution in [1.29, 1.82) is 0 Å². The van der Waals surface area contributed by atoms with Gasteiger partial charge in [-0.25, -0.2) is 9.18 Å². The molecule has 2 atom stereocenters. The molecular weight excluding hydrogens is 455 g/mol. The topological polar surface area (TPSA) is 155 Å². The standard InChI is InChI=1S/C20H17FN6O7/c21-15-5-11(26-7-12(9-28)34-20(26)29)1-2-14(15)16-3-4-18(24-23-16)33-13-6-25-8-17(27(30)31)22-19(25)32-10-13/h1-5,8,12-13,28H,6-7,9-10H2. The average molecular weight is 472 g/mol. The lowest BCUT2D eigenvalue weighted by Crippen LogP contribution is -2.34. The fourth-order valence-electron chi connectivity index (χ4n) is 3.63. The SMILES string of the molecule is O=C1OC(CO)CN1c1ccc(-c2ccc(OC3COc4nc([N+](=O)[O-])cn4C3)nn2)c(F)c1. The first-order valence-electron chi connectivity index (χ1n) is 10.1. The molecule has 0 spiro atoms. The predicted molar refractivity (Wildman–Crippen MR) is 111 cm³/mol. The summed E-state index contributed by atoms with van der Waals surface area (Å²) >= 11 is 0. The number of amides is 1. The van der Waals surface area contributed by atoms with E-state index in [1.165, 1.54) is 39.9 Å². The Kier molecular flexibility index (Phi) is 5.41. The number of nitrogens with zero attached hydrogens (tertiary/aromatic N) is 6. The van der Waals surface area contributed by atoms with Crippen LogP contribution in [0.15, 0.2) is 36.5 Å². The van der Waals surface area contributed by atoms with Gasteiger partial charge >= 0.3 is 17.9 Å². The minimum absolute atomic E-state index is 0.115. The van der Waals surface area contributed by atoms with Gasteiger partial charge in [-0.2, -0.15) is 0 Å². The fraction of sp³-hybridized carbons (Fsp3) is 0.300. The number of rotatable bonds is 6. The van der Waals surface area contributed by atoms with Crippen LogP contribution in [0.3, 0.4) is 0 Å². The van der Waals surface area contributed by atoms with Crippen LogP contribution in [-0.2, 0) is 11.3 Å². The average Bonchev–Trinajstić information content (AvgIpc) is 3.43. The molecule has 2 aliphatic heterocycles. The Hall–Kier alpha value is -4.33. The molecule has 34 heavy (non-hydrogen) atoms. The number of carbonyl (C=O) groups is 1. The molecule has 4 heterocycles. The number of fused-ring (bicyclic) bond motifs is 1. The molecule has 2 aliphatic rings. The third-order valence-electron chi connectivity index (χ3n) is 5.26. The molecule has 1 N–H and O–H groups in total. The van der Waals surface area contributed by atoms with E-state index in [1.807, 2.05) is 0 Å². The van der Waals surface area contributed by atoms with Gasteiger partial charge < -0.3 is 29.4 Å². The molecule has 1 aromatic carbocycles. The number of halogens is 1. The smallest absolute Gasteiger partial charge is 0.414 e. The van der Waals surface area contributed by atoms with Gasteiger partial charge in [-0.3, -0.25) is 9.47 Å². The zero-order chi connectivity index (χ0) is 23.8. The minimum atomic E-state index is -0.656. The predicted octanol–water partition coefficient (Wildman–Crippen LogP) is 1.54. The second kappa shape index (κ2) is 8.55. The molecule has 0 aliphatic carbocycles. The zero-order valence-electron chi connectivity index (χ0n) is 17.4. The number of carbonyl (C=O) groups excluding carboxylic acids is 1. The molecule has 14 heteroatoms. The highest BCUT2D eigenvalue weighted by Crippen LogP contribution is 2.29. The van der Waals surface area contributed by atoms with E-state index in [-0.39, 0.29) is 55.3 Å². The lowest BCUT2D eigenvalue weighted by molar-refractivity contribution is -0.389. The van der Waals surface area contributed by atoms with Gasteiger partial charge in [-0.1, -0.05) is 0 Å². The molecule has 0 bridgehead atoms. The first-order chi connectivity index (χ1) is 16.4. The molecular formula is C20H17FN6O7. The van der Waals surface area contributed by atoms with Gasteiger partial charge in [0.25, 0.3) is 0 Å². The van der Waals surface area contributed by atoms with Crippen LogP contribution in [0.5, 0.6) is 11.9 Å². The van der Waals surface area contributed by atoms with E-state index in [4.69, 9.17) is 19.3 Å². The number of benzene rings is 1. The second-order valence-corrected chi connectivity index (χ2v) is 7.56. The molecule has 1 fully saturated rings. The Balaban J connectivity index is 1.26. The molecule has 2 unspecified atom stereocenters. The lowest BCUT2D eigenvalue weighted by Gasteiger charge is -2.22. The van der Waals surface area contributed by atoms with Gasteiger partial charge in [0, 0.05) is 16.6 Å². The van der Waals surface area contributed by atoms with Gasteiger partial charge in [0.1, 0.15) is 24.7 Å². The number of imidazole rings is 1. The highest BCUT2D eigenvalue weighted by Gasteiger charge is 2.32. The Morgan fingerprint density at radius 3 is 2.79 bits per heavy atom. The van der Waals surface area contributed by atoms with Crippen molar-refractivity contribution in [3.05, 3.63) is 52.5 Å². The van der Waals surface area contributed by atoms with Crippen molar-refractivity contribution >= 4 is 17.6 Å². The maximum Gasteiger partial charge on any atom is 0.414 e. The zero-order valence-corrected chi connectivity index (χ0v) is 17.4. The van der Waals surface area contributed by atoms with E-state index in [0.29, 0.717) is 5.69 Å². The Morgan fingerprint density at radius 2 is 2.12 bits per heavy atom. The van der Waals surface area contributed by atoms with Crippen molar-refractivity contribution in [2.75, 3.05) is 24.7 Å². The number of aromatic nitrogens is 4. The van der Waals surface area contributed by atoms with E-state index in [0.717, 1.165) is 0 Å². The molecule has 1 saturated heterocycles. The van der Waals surface area contributed by atoms with Crippen molar-refractivity contribution < 1.29 is 33.4 Å². The van der Waals surface area contributed by atoms with Crippen molar-refractivity contribution in [3.63, 3.8) is 0 Å². The molecule has 5 rings (SSSR count). The minimum Gasteiger partial charge on any atom is -0.468 e. The summed E-state index contributed by atoms with van der Waals surface area (Å²) in [5, 5.41) is 28.0. The first-order valence-corrected chi connectivity index (χ1v) is 10.1. The third-order valence-corrected chi connectivity index (χ3v) is 5.26. The summed E-state index contributed by atoms with van der Waals surface area (Å²) in [6.07, 6.45) is -0.534. The number of cyclic esters (lactones) is 1. The van der Waals surface area contributed by atoms with Crippen molar-refractivity contribution in [2.45, 2.75) is 18.8 Å². The largest absolute Gasteiger partial charge is 0.468 e. The van der Waals surface area contributed by atoms with E-state index in [9.17, 15) is 19.3 Å². The Labute approximate surface area is 190 Å². The molecule has 2 aromatic heterocycles. The van der Waals surface area contributed by atoms with Gasteiger partial charge in [0.2, 0.25) is 5.88 Å². The van der Waals surface area contributed by atoms with Crippen LogP contribution in [0.1, 0.15) is 0 Å². The van der Waals surface area contributed by atoms with Gasteiger partial charge in [0.05, 0.1) is 31.1 Å². The highest BCUT2D eigenvalue weighted by molar-refractivity contribution is 5.90. The van der Waals surface area contributed by atoms with E-state index >= 15 is 0 Å². The maximum absolute atomic E-state index is 14.8. The van der Waals surface area contributed by atoms with E-state index in [2.05, 4.69) is 15.2 Å². The molecule has 3 aromatic rings. The van der Waals surface area contributed by atoms with Crippen LogP contribution in [0.4, 0.5) is 20.7 Å². The number of aliphatic hydroxyl groups is 1. The van der Waals surface area contributed by atoms with Crippen molar-refractivity contribution in [2.24, 2.45) is 0 Å². The number of aliphatic hydroxyl groups excluding tert-OH is 1. The van der Waals surface area contributed by atoms with Gasteiger partial charge in [-0.15, -0.1) is 10.2 Å². The molecule has 0 radical (unpaired) electrons. The van der Waals surface area contributed by atoms with Crippen LogP contribution < -0.4 is 14.4 Å². The maximum atomic E-state index is 14.8. The number of ether oxygens (including phenoxy) is 3. The van der Waals surface area contributed by atoms with Crippen LogP contribution in [0.25, 0.3) is 11.3 Å². The third kappa shape index (κ3) is 4.05. The van der Waals surface area contributed by atoms with E-state index < -0.39 is 29.0 Å². The van der Waals surface area contributed by atoms with Gasteiger partial charge in [0.15, 0.2) is 6.10 Å². The molecule has 1 amide bonds. The first kappa shape index (κ1) is 21.5. The number of anilines is 1. The number of nitro groups is 1. The quantitative estimate of drug-likeness (QED) is 0.412. The second-order valence-electron chi connectivity index (χ2n) is 7.56. The van der Waals surface area contributed by atoms with Crippen LogP contribution in [0, 0.1) is 15.9 Å². The van der Waals surface area contributed by atoms with Crippen molar-refractivity contribution in [3.8, 4) is 23.1 Å². The summed E-state index contributed by atoms with van der Waals surface area (Å²) in [6.45, 7) is 0.192. The van der Waals surface area contributed by atoms with Crippen LogP contribution in [0.2, 0.25) is 0 Å². The Morgan fingerprint density at radius 1 is 1.26 bits per heavy atom. The fourth-order valence-corrected chi connectivity index (χ4v) is 3.63. The summed E-state index contributed by atoms with van der Waals surface area (Å²) in [6, 6.07) is 7.39. The van der Waals surface area contributed by atoms with Crippen LogP contribution in [-0.4, -0.2) is 67.8 Å². The Bertz CT molecular complexity index is 1250. The highest BCUT2D eigenvalue weighted by atomic mass is 19.1. The van der Waals surface area contributed by atoms with Crippen LogP contribution >= 0.6 is 0 Å². The van der Waals surface area contributed by atoms with Crippen molar-refractivity contribution in [1.82, 2.24) is 19.7 Å². The van der Waals surface area contributed by atoms with Gasteiger partial charge in [-0.05, 0) is 29.2 Å². The summed E-state index contributed by atoms with van der Waals surface area (Å²) in [7, 11) is 0. The number of hydrogen-bond donors (Lipinski definition) is 1.